The summed E-state index contributed by atoms with van der Waals surface area (Å²) in [6.07, 6.45) is 1.41. The minimum absolute atomic E-state index is 0.0760. The predicted molar refractivity (Wildman–Crippen MR) is 111 cm³/mol. The molecule has 0 atom stereocenters. The number of hydrogen-bond acceptors (Lipinski definition) is 3. The Kier molecular flexibility index (Phi) is 4.61. The summed E-state index contributed by atoms with van der Waals surface area (Å²) in [4.78, 5) is 30.0. The third-order valence-corrected chi connectivity index (χ3v) is 5.08. The second-order valence-corrected chi connectivity index (χ2v) is 7.15. The molecule has 2 aromatic carbocycles. The Hall–Kier alpha value is -3.18. The monoisotopic (exact) mass is 391 g/mol. The van der Waals surface area contributed by atoms with E-state index in [0.29, 0.717) is 21.5 Å². The first-order valence-electron chi connectivity index (χ1n) is 8.88. The average molecular weight is 392 g/mol. The van der Waals surface area contributed by atoms with Crippen molar-refractivity contribution in [3.8, 4) is 5.69 Å². The Morgan fingerprint density at radius 3 is 2.57 bits per heavy atom. The van der Waals surface area contributed by atoms with E-state index in [1.807, 2.05) is 54.8 Å². The van der Waals surface area contributed by atoms with Crippen LogP contribution in [-0.2, 0) is 6.54 Å². The van der Waals surface area contributed by atoms with Gasteiger partial charge in [-0.1, -0.05) is 29.8 Å². The molecule has 0 radical (unpaired) electrons. The topological polar surface area (TPSA) is 56.9 Å². The van der Waals surface area contributed by atoms with E-state index in [9.17, 15) is 9.59 Å². The first-order chi connectivity index (χ1) is 13.5. The first-order valence-corrected chi connectivity index (χ1v) is 9.26. The fourth-order valence-electron chi connectivity index (χ4n) is 3.50. The third-order valence-electron chi connectivity index (χ3n) is 4.85. The molecular formula is C22H18ClN3O2. The number of Topliss-reactive ketones (excluding diaryl/α,β-unsaturated/α-hetero) is 1. The molecule has 0 saturated carbocycles. The largest absolute Gasteiger partial charge is 0.318 e. The first kappa shape index (κ1) is 18.2. The summed E-state index contributed by atoms with van der Waals surface area (Å²) in [7, 11) is 0. The maximum Gasteiger partial charge on any atom is 0.261 e. The Balaban J connectivity index is 1.71. The van der Waals surface area contributed by atoms with E-state index in [1.165, 1.54) is 10.9 Å². The summed E-state index contributed by atoms with van der Waals surface area (Å²) in [6, 6.07) is 16.7. The Labute approximate surface area is 166 Å². The molecular weight excluding hydrogens is 374 g/mol. The van der Waals surface area contributed by atoms with Crippen LogP contribution in [0, 0.1) is 13.8 Å². The lowest BCUT2D eigenvalue weighted by atomic mass is 10.1. The van der Waals surface area contributed by atoms with E-state index in [4.69, 9.17) is 11.6 Å². The summed E-state index contributed by atoms with van der Waals surface area (Å²) in [5.41, 5.74) is 3.68. The van der Waals surface area contributed by atoms with Gasteiger partial charge in [0.15, 0.2) is 5.78 Å². The van der Waals surface area contributed by atoms with Crippen molar-refractivity contribution in [3.63, 3.8) is 0 Å². The molecule has 0 aliphatic carbocycles. The second-order valence-electron chi connectivity index (χ2n) is 6.72. The van der Waals surface area contributed by atoms with Gasteiger partial charge >= 0.3 is 0 Å². The minimum Gasteiger partial charge on any atom is -0.318 e. The molecule has 28 heavy (non-hydrogen) atoms. The molecule has 0 aliphatic rings. The van der Waals surface area contributed by atoms with Crippen LogP contribution in [0.15, 0.2) is 65.7 Å². The lowest BCUT2D eigenvalue weighted by molar-refractivity contribution is 0.0970. The Morgan fingerprint density at radius 1 is 1.07 bits per heavy atom. The van der Waals surface area contributed by atoms with Gasteiger partial charge in [-0.25, -0.2) is 4.98 Å². The fourth-order valence-corrected chi connectivity index (χ4v) is 3.68. The number of halogens is 1. The van der Waals surface area contributed by atoms with Crippen LogP contribution < -0.4 is 5.56 Å². The number of aromatic nitrogens is 3. The molecule has 0 saturated heterocycles. The van der Waals surface area contributed by atoms with E-state index < -0.39 is 0 Å². The van der Waals surface area contributed by atoms with Crippen LogP contribution in [0.4, 0.5) is 0 Å². The van der Waals surface area contributed by atoms with Gasteiger partial charge in [0.05, 0.1) is 23.8 Å². The highest BCUT2D eigenvalue weighted by molar-refractivity contribution is 6.31. The highest BCUT2D eigenvalue weighted by atomic mass is 35.5. The Bertz CT molecular complexity index is 1260. The van der Waals surface area contributed by atoms with Gasteiger partial charge in [0.2, 0.25) is 0 Å². The molecule has 2 heterocycles. The highest BCUT2D eigenvalue weighted by Crippen LogP contribution is 2.21. The SMILES string of the molecule is Cc1cc(C(=O)Cn2cnc3ccc(Cl)cc3c2=O)c(C)n1-c1ccccc1. The van der Waals surface area contributed by atoms with E-state index in [0.717, 1.165) is 17.1 Å². The van der Waals surface area contributed by atoms with Gasteiger partial charge in [0.1, 0.15) is 0 Å². The molecule has 140 valence electrons. The maximum atomic E-state index is 13.0. The number of carbonyl (C=O) groups excluding carboxylic acids is 1. The smallest absolute Gasteiger partial charge is 0.261 e. The molecule has 4 aromatic rings. The lowest BCUT2D eigenvalue weighted by Crippen LogP contribution is -2.25. The van der Waals surface area contributed by atoms with Gasteiger partial charge in [-0.15, -0.1) is 0 Å². The number of ketones is 1. The number of benzene rings is 2. The van der Waals surface area contributed by atoms with Crippen LogP contribution in [0.3, 0.4) is 0 Å². The summed E-state index contributed by atoms with van der Waals surface area (Å²) in [5.74, 6) is -0.138. The van der Waals surface area contributed by atoms with Crippen molar-refractivity contribution in [1.29, 1.82) is 0 Å². The zero-order valence-electron chi connectivity index (χ0n) is 15.5. The molecule has 0 bridgehead atoms. The van der Waals surface area contributed by atoms with Gasteiger partial charge in [0, 0.05) is 27.7 Å². The molecule has 5 nitrogen and oxygen atoms in total. The van der Waals surface area contributed by atoms with E-state index >= 15 is 0 Å². The van der Waals surface area contributed by atoms with Crippen LogP contribution in [0.25, 0.3) is 16.6 Å². The molecule has 0 fully saturated rings. The zero-order valence-corrected chi connectivity index (χ0v) is 16.3. The number of hydrogen-bond donors (Lipinski definition) is 0. The van der Waals surface area contributed by atoms with Crippen molar-refractivity contribution in [1.82, 2.24) is 14.1 Å². The number of aryl methyl sites for hydroxylation is 1. The third kappa shape index (κ3) is 3.14. The van der Waals surface area contributed by atoms with Crippen LogP contribution in [0.1, 0.15) is 21.7 Å². The number of fused-ring (bicyclic) bond motifs is 1. The number of rotatable bonds is 4. The molecule has 4 rings (SSSR count). The summed E-state index contributed by atoms with van der Waals surface area (Å²) >= 11 is 6.00. The molecule has 0 amide bonds. The number of para-hydroxylation sites is 1. The molecule has 0 unspecified atom stereocenters. The Morgan fingerprint density at radius 2 is 1.82 bits per heavy atom. The van der Waals surface area contributed by atoms with Crippen LogP contribution in [0.2, 0.25) is 5.02 Å². The standard InChI is InChI=1S/C22H18ClN3O2/c1-14-10-18(15(2)26(14)17-6-4-3-5-7-17)21(27)12-25-13-24-20-9-8-16(23)11-19(20)22(25)28/h3-11,13H,12H2,1-2H3. The number of carbonyl (C=O) groups is 1. The van der Waals surface area contributed by atoms with E-state index in [2.05, 4.69) is 4.98 Å². The normalized spacial score (nSPS) is 11.1. The van der Waals surface area contributed by atoms with Crippen molar-refractivity contribution in [2.75, 3.05) is 0 Å². The van der Waals surface area contributed by atoms with Gasteiger partial charge < -0.3 is 4.57 Å². The molecule has 2 aromatic heterocycles. The predicted octanol–water partition coefficient (Wildman–Crippen LogP) is 4.34. The van der Waals surface area contributed by atoms with Crippen molar-refractivity contribution >= 4 is 28.3 Å². The fraction of sp³-hybridized carbons (Fsp3) is 0.136. The van der Waals surface area contributed by atoms with Crippen molar-refractivity contribution < 1.29 is 4.79 Å². The van der Waals surface area contributed by atoms with Gasteiger partial charge in [-0.2, -0.15) is 0 Å². The quantitative estimate of drug-likeness (QED) is 0.486. The average Bonchev–Trinajstić information content (AvgIpc) is 2.99. The van der Waals surface area contributed by atoms with Crippen LogP contribution >= 0.6 is 11.6 Å². The van der Waals surface area contributed by atoms with E-state index in [1.54, 1.807) is 18.2 Å². The summed E-state index contributed by atoms with van der Waals surface area (Å²) in [5, 5.41) is 0.861. The van der Waals surface area contributed by atoms with E-state index in [-0.39, 0.29) is 17.9 Å². The maximum absolute atomic E-state index is 13.0. The summed E-state index contributed by atoms with van der Waals surface area (Å²) < 4.78 is 3.37. The molecule has 6 heteroatoms. The number of nitrogens with zero attached hydrogens (tertiary/aromatic N) is 3. The van der Waals surface area contributed by atoms with Crippen LogP contribution in [0.5, 0.6) is 0 Å². The second kappa shape index (κ2) is 7.09. The van der Waals surface area contributed by atoms with Gasteiger partial charge in [0.25, 0.3) is 5.56 Å². The highest BCUT2D eigenvalue weighted by Gasteiger charge is 2.18. The lowest BCUT2D eigenvalue weighted by Gasteiger charge is -2.10. The molecule has 0 N–H and O–H groups in total. The van der Waals surface area contributed by atoms with Crippen molar-refractivity contribution in [3.05, 3.63) is 93.3 Å². The van der Waals surface area contributed by atoms with Gasteiger partial charge in [-0.3, -0.25) is 14.2 Å². The minimum atomic E-state index is -0.280. The van der Waals surface area contributed by atoms with Crippen molar-refractivity contribution in [2.24, 2.45) is 0 Å². The summed E-state index contributed by atoms with van der Waals surface area (Å²) in [6.45, 7) is 3.80. The zero-order chi connectivity index (χ0) is 19.8. The van der Waals surface area contributed by atoms with Crippen molar-refractivity contribution in [2.45, 2.75) is 20.4 Å². The molecule has 0 spiro atoms. The van der Waals surface area contributed by atoms with Crippen LogP contribution in [-0.4, -0.2) is 19.9 Å². The van der Waals surface area contributed by atoms with Gasteiger partial charge in [-0.05, 0) is 50.2 Å². The molecule has 0 aliphatic heterocycles.